The molecule has 5 nitrogen and oxygen atoms in total. The molecule has 0 spiro atoms. The SMILES string of the molecule is CN(CCNC1CC(=O)N(C2CC2)C1=O)C1CC1. The minimum absolute atomic E-state index is 0.00317. The summed E-state index contributed by atoms with van der Waals surface area (Å²) >= 11 is 0. The Bertz CT molecular complexity index is 363. The molecule has 18 heavy (non-hydrogen) atoms. The molecule has 1 N–H and O–H groups in total. The quantitative estimate of drug-likeness (QED) is 0.673. The lowest BCUT2D eigenvalue weighted by molar-refractivity contribution is -0.139. The third kappa shape index (κ3) is 2.42. The number of carbonyl (C=O) groups excluding carboxylic acids is 2. The molecule has 3 aliphatic rings. The zero-order valence-electron chi connectivity index (χ0n) is 10.9. The van der Waals surface area contributed by atoms with Crippen molar-refractivity contribution < 1.29 is 9.59 Å². The van der Waals surface area contributed by atoms with E-state index in [0.29, 0.717) is 6.42 Å². The lowest BCUT2D eigenvalue weighted by atomic mass is 10.2. The Morgan fingerprint density at radius 3 is 2.61 bits per heavy atom. The predicted octanol–water partition coefficient (Wildman–Crippen LogP) is -0.0399. The van der Waals surface area contributed by atoms with Crippen LogP contribution in [0.4, 0.5) is 0 Å². The summed E-state index contributed by atoms with van der Waals surface area (Å²) in [7, 11) is 2.12. The van der Waals surface area contributed by atoms with Crippen molar-refractivity contribution in [3.8, 4) is 0 Å². The molecule has 3 fully saturated rings. The van der Waals surface area contributed by atoms with Gasteiger partial charge in [-0.2, -0.15) is 0 Å². The number of nitrogens with one attached hydrogen (secondary N) is 1. The third-order valence-electron chi connectivity index (χ3n) is 4.12. The highest BCUT2D eigenvalue weighted by Gasteiger charge is 2.45. The van der Waals surface area contributed by atoms with Crippen LogP contribution in [0, 0.1) is 0 Å². The number of likely N-dealkylation sites (tertiary alicyclic amines) is 1. The van der Waals surface area contributed by atoms with Gasteiger partial charge in [-0.3, -0.25) is 14.5 Å². The van der Waals surface area contributed by atoms with Crippen LogP contribution in [0.25, 0.3) is 0 Å². The van der Waals surface area contributed by atoms with Gasteiger partial charge in [0.25, 0.3) is 0 Å². The van der Waals surface area contributed by atoms with Crippen LogP contribution in [-0.4, -0.2) is 59.9 Å². The smallest absolute Gasteiger partial charge is 0.247 e. The monoisotopic (exact) mass is 251 g/mol. The number of likely N-dealkylation sites (N-methyl/N-ethyl adjacent to an activating group) is 1. The van der Waals surface area contributed by atoms with Crippen LogP contribution in [0.15, 0.2) is 0 Å². The van der Waals surface area contributed by atoms with E-state index >= 15 is 0 Å². The number of imide groups is 1. The van der Waals surface area contributed by atoms with E-state index in [1.54, 1.807) is 0 Å². The number of hydrogen-bond donors (Lipinski definition) is 1. The largest absolute Gasteiger partial charge is 0.304 e. The predicted molar refractivity (Wildman–Crippen MR) is 66.9 cm³/mol. The number of nitrogens with zero attached hydrogens (tertiary/aromatic N) is 2. The molecule has 0 radical (unpaired) electrons. The van der Waals surface area contributed by atoms with E-state index < -0.39 is 0 Å². The van der Waals surface area contributed by atoms with Gasteiger partial charge in [0.2, 0.25) is 11.8 Å². The first-order valence-corrected chi connectivity index (χ1v) is 6.96. The summed E-state index contributed by atoms with van der Waals surface area (Å²) < 4.78 is 0. The first-order chi connectivity index (χ1) is 8.66. The first kappa shape index (κ1) is 12.1. The van der Waals surface area contributed by atoms with Gasteiger partial charge in [0, 0.05) is 25.2 Å². The molecular weight excluding hydrogens is 230 g/mol. The van der Waals surface area contributed by atoms with E-state index in [1.807, 2.05) is 0 Å². The van der Waals surface area contributed by atoms with Gasteiger partial charge >= 0.3 is 0 Å². The summed E-state index contributed by atoms with van der Waals surface area (Å²) in [5.74, 6) is 0.00659. The fourth-order valence-electron chi connectivity index (χ4n) is 2.64. The Labute approximate surface area is 107 Å². The molecule has 1 heterocycles. The summed E-state index contributed by atoms with van der Waals surface area (Å²) in [6.45, 7) is 1.74. The summed E-state index contributed by atoms with van der Waals surface area (Å²) in [4.78, 5) is 27.6. The summed E-state index contributed by atoms with van der Waals surface area (Å²) in [5.41, 5.74) is 0. The van der Waals surface area contributed by atoms with Crippen LogP contribution < -0.4 is 5.32 Å². The summed E-state index contributed by atoms with van der Waals surface area (Å²) in [6, 6.07) is 0.687. The first-order valence-electron chi connectivity index (χ1n) is 6.96. The maximum absolute atomic E-state index is 12.0. The Hall–Kier alpha value is -0.940. The minimum atomic E-state index is -0.272. The second kappa shape index (κ2) is 4.63. The molecule has 2 aliphatic carbocycles. The van der Waals surface area contributed by atoms with Gasteiger partial charge in [0.1, 0.15) is 0 Å². The van der Waals surface area contributed by atoms with Gasteiger partial charge < -0.3 is 10.2 Å². The van der Waals surface area contributed by atoms with Crippen LogP contribution in [0.3, 0.4) is 0 Å². The minimum Gasteiger partial charge on any atom is -0.304 e. The molecule has 0 aromatic rings. The molecule has 100 valence electrons. The lowest BCUT2D eigenvalue weighted by Gasteiger charge is -2.18. The Kier molecular flexibility index (Phi) is 3.11. The Balaban J connectivity index is 1.45. The van der Waals surface area contributed by atoms with Crippen molar-refractivity contribution >= 4 is 11.8 Å². The topological polar surface area (TPSA) is 52.7 Å². The summed E-state index contributed by atoms with van der Waals surface area (Å²) in [5, 5.41) is 3.23. The molecule has 0 aromatic heterocycles. The van der Waals surface area contributed by atoms with E-state index in [4.69, 9.17) is 0 Å². The van der Waals surface area contributed by atoms with Crippen LogP contribution in [0.1, 0.15) is 32.1 Å². The Morgan fingerprint density at radius 2 is 2.00 bits per heavy atom. The molecule has 3 rings (SSSR count). The number of amides is 2. The maximum Gasteiger partial charge on any atom is 0.247 e. The average molecular weight is 251 g/mol. The van der Waals surface area contributed by atoms with Crippen molar-refractivity contribution in [1.82, 2.24) is 15.1 Å². The molecule has 1 unspecified atom stereocenters. The molecule has 2 saturated carbocycles. The third-order valence-corrected chi connectivity index (χ3v) is 4.12. The van der Waals surface area contributed by atoms with Crippen molar-refractivity contribution in [2.24, 2.45) is 0 Å². The highest BCUT2D eigenvalue weighted by Crippen LogP contribution is 2.31. The zero-order valence-corrected chi connectivity index (χ0v) is 10.9. The molecule has 1 atom stereocenters. The van der Waals surface area contributed by atoms with E-state index in [0.717, 1.165) is 32.0 Å². The van der Waals surface area contributed by atoms with Crippen LogP contribution in [0.2, 0.25) is 0 Å². The van der Waals surface area contributed by atoms with Crippen LogP contribution >= 0.6 is 0 Å². The van der Waals surface area contributed by atoms with Crippen molar-refractivity contribution in [3.05, 3.63) is 0 Å². The fourth-order valence-corrected chi connectivity index (χ4v) is 2.64. The molecule has 1 aliphatic heterocycles. The normalized spacial score (nSPS) is 28.6. The fraction of sp³-hybridized carbons (Fsp3) is 0.846. The van der Waals surface area contributed by atoms with Crippen molar-refractivity contribution in [1.29, 1.82) is 0 Å². The van der Waals surface area contributed by atoms with Crippen LogP contribution in [0.5, 0.6) is 0 Å². The number of rotatable bonds is 6. The van der Waals surface area contributed by atoms with Gasteiger partial charge in [-0.1, -0.05) is 0 Å². The van der Waals surface area contributed by atoms with Crippen molar-refractivity contribution in [2.75, 3.05) is 20.1 Å². The molecule has 1 saturated heterocycles. The molecule has 0 aromatic carbocycles. The molecule has 2 amide bonds. The average Bonchev–Trinajstić information content (AvgIpc) is 3.20. The lowest BCUT2D eigenvalue weighted by Crippen LogP contribution is -2.42. The molecule has 0 bridgehead atoms. The van der Waals surface area contributed by atoms with Gasteiger partial charge in [-0.25, -0.2) is 0 Å². The molecule has 5 heteroatoms. The standard InChI is InChI=1S/C13H21N3O2/c1-15(9-2-3-9)7-6-14-11-8-12(17)16(13(11)18)10-4-5-10/h9-11,14H,2-8H2,1H3. The van der Waals surface area contributed by atoms with Gasteiger partial charge in [0.05, 0.1) is 12.5 Å². The highest BCUT2D eigenvalue weighted by molar-refractivity contribution is 6.06. The molecular formula is C13H21N3O2. The second-order valence-corrected chi connectivity index (χ2v) is 5.76. The van der Waals surface area contributed by atoms with E-state index in [1.165, 1.54) is 17.7 Å². The number of hydrogen-bond acceptors (Lipinski definition) is 4. The number of carbonyl (C=O) groups is 2. The van der Waals surface area contributed by atoms with Gasteiger partial charge in [0.15, 0.2) is 0 Å². The van der Waals surface area contributed by atoms with Gasteiger partial charge in [-0.15, -0.1) is 0 Å². The Morgan fingerprint density at radius 1 is 1.28 bits per heavy atom. The highest BCUT2D eigenvalue weighted by atomic mass is 16.2. The van der Waals surface area contributed by atoms with E-state index in [9.17, 15) is 9.59 Å². The van der Waals surface area contributed by atoms with Gasteiger partial charge in [-0.05, 0) is 32.7 Å². The van der Waals surface area contributed by atoms with Crippen molar-refractivity contribution in [3.63, 3.8) is 0 Å². The van der Waals surface area contributed by atoms with E-state index in [-0.39, 0.29) is 23.9 Å². The maximum atomic E-state index is 12.0. The zero-order chi connectivity index (χ0) is 12.7. The summed E-state index contributed by atoms with van der Waals surface area (Å²) in [6.07, 6.45) is 4.94. The second-order valence-electron chi connectivity index (χ2n) is 5.76. The van der Waals surface area contributed by atoms with E-state index in [2.05, 4.69) is 17.3 Å². The van der Waals surface area contributed by atoms with Crippen molar-refractivity contribution in [2.45, 2.75) is 50.2 Å². The van der Waals surface area contributed by atoms with Crippen LogP contribution in [-0.2, 0) is 9.59 Å².